The standard InChI is InChI=1S/C17H27ClN2O/c1-3-9-19-17(15-4-6-16(18)7-5-15)8-10-20-11-12-21-14(2)13-20/h4-7,14,17,19H,3,8-13H2,1-2H3. The predicted octanol–water partition coefficient (Wildman–Crippen LogP) is 3.49. The third-order valence-corrected chi connectivity index (χ3v) is 4.22. The summed E-state index contributed by atoms with van der Waals surface area (Å²) in [6.07, 6.45) is 2.63. The van der Waals surface area contributed by atoms with Crippen molar-refractivity contribution < 1.29 is 4.74 Å². The number of ether oxygens (including phenoxy) is 1. The van der Waals surface area contributed by atoms with Gasteiger partial charge in [0.2, 0.25) is 0 Å². The van der Waals surface area contributed by atoms with E-state index in [0.29, 0.717) is 12.1 Å². The molecule has 2 atom stereocenters. The third kappa shape index (κ3) is 5.59. The molecule has 2 unspecified atom stereocenters. The van der Waals surface area contributed by atoms with Crippen LogP contribution in [0.25, 0.3) is 0 Å². The highest BCUT2D eigenvalue weighted by Gasteiger charge is 2.18. The van der Waals surface area contributed by atoms with Crippen molar-refractivity contribution in [2.75, 3.05) is 32.8 Å². The van der Waals surface area contributed by atoms with Gasteiger partial charge in [0.15, 0.2) is 0 Å². The predicted molar refractivity (Wildman–Crippen MR) is 89.0 cm³/mol. The van der Waals surface area contributed by atoms with E-state index in [-0.39, 0.29) is 0 Å². The normalized spacial score (nSPS) is 21.4. The summed E-state index contributed by atoms with van der Waals surface area (Å²) >= 11 is 5.99. The highest BCUT2D eigenvalue weighted by Crippen LogP contribution is 2.20. The van der Waals surface area contributed by atoms with Gasteiger partial charge in [-0.25, -0.2) is 0 Å². The molecule has 1 aliphatic heterocycles. The van der Waals surface area contributed by atoms with E-state index >= 15 is 0 Å². The highest BCUT2D eigenvalue weighted by molar-refractivity contribution is 6.30. The SMILES string of the molecule is CCCNC(CCN1CCOC(C)C1)c1ccc(Cl)cc1. The zero-order valence-corrected chi connectivity index (χ0v) is 13.9. The zero-order chi connectivity index (χ0) is 15.1. The fraction of sp³-hybridized carbons (Fsp3) is 0.647. The van der Waals surface area contributed by atoms with E-state index in [2.05, 4.69) is 36.2 Å². The first-order valence-electron chi connectivity index (χ1n) is 8.02. The van der Waals surface area contributed by atoms with Crippen LogP contribution in [0.15, 0.2) is 24.3 Å². The van der Waals surface area contributed by atoms with E-state index in [1.165, 1.54) is 5.56 Å². The van der Waals surface area contributed by atoms with Crippen LogP contribution in [0.1, 0.15) is 38.3 Å². The molecule has 1 heterocycles. The number of benzene rings is 1. The van der Waals surface area contributed by atoms with Crippen molar-refractivity contribution in [1.29, 1.82) is 0 Å². The number of nitrogens with one attached hydrogen (secondary N) is 1. The maximum absolute atomic E-state index is 5.99. The molecule has 118 valence electrons. The number of rotatable bonds is 7. The second-order valence-corrected chi connectivity index (χ2v) is 6.27. The lowest BCUT2D eigenvalue weighted by molar-refractivity contribution is -0.0192. The largest absolute Gasteiger partial charge is 0.376 e. The molecule has 21 heavy (non-hydrogen) atoms. The van der Waals surface area contributed by atoms with Gasteiger partial charge >= 0.3 is 0 Å². The average Bonchev–Trinajstić information content (AvgIpc) is 2.49. The van der Waals surface area contributed by atoms with Crippen LogP contribution in [0.3, 0.4) is 0 Å². The monoisotopic (exact) mass is 310 g/mol. The van der Waals surface area contributed by atoms with Gasteiger partial charge in [-0.15, -0.1) is 0 Å². The van der Waals surface area contributed by atoms with E-state index in [1.54, 1.807) is 0 Å². The minimum atomic E-state index is 0.358. The molecule has 2 rings (SSSR count). The molecule has 0 radical (unpaired) electrons. The molecular weight excluding hydrogens is 284 g/mol. The van der Waals surface area contributed by atoms with Gasteiger partial charge in [-0.1, -0.05) is 30.7 Å². The Morgan fingerprint density at radius 1 is 1.38 bits per heavy atom. The summed E-state index contributed by atoms with van der Waals surface area (Å²) in [5.41, 5.74) is 1.33. The van der Waals surface area contributed by atoms with Crippen LogP contribution >= 0.6 is 11.6 Å². The molecule has 0 saturated carbocycles. The summed E-state index contributed by atoms with van der Waals surface area (Å²) in [4.78, 5) is 2.50. The van der Waals surface area contributed by atoms with E-state index in [0.717, 1.165) is 50.7 Å². The van der Waals surface area contributed by atoms with E-state index in [1.807, 2.05) is 12.1 Å². The molecule has 1 fully saturated rings. The van der Waals surface area contributed by atoms with Crippen LogP contribution in [-0.2, 0) is 4.74 Å². The summed E-state index contributed by atoms with van der Waals surface area (Å²) in [6, 6.07) is 8.64. The zero-order valence-electron chi connectivity index (χ0n) is 13.1. The van der Waals surface area contributed by atoms with Gasteiger partial charge in [-0.05, 0) is 44.0 Å². The van der Waals surface area contributed by atoms with Crippen molar-refractivity contribution in [1.82, 2.24) is 10.2 Å². The Hall–Kier alpha value is -0.610. The van der Waals surface area contributed by atoms with Gasteiger partial charge in [-0.3, -0.25) is 4.90 Å². The summed E-state index contributed by atoms with van der Waals surface area (Å²) in [5, 5.41) is 4.46. The topological polar surface area (TPSA) is 24.5 Å². The summed E-state index contributed by atoms with van der Waals surface area (Å²) in [6.45, 7) is 9.46. The molecular formula is C17H27ClN2O. The Balaban J connectivity index is 1.91. The minimum Gasteiger partial charge on any atom is -0.376 e. The minimum absolute atomic E-state index is 0.358. The van der Waals surface area contributed by atoms with Crippen LogP contribution < -0.4 is 5.32 Å². The van der Waals surface area contributed by atoms with Crippen LogP contribution in [0.4, 0.5) is 0 Å². The maximum Gasteiger partial charge on any atom is 0.0674 e. The van der Waals surface area contributed by atoms with E-state index < -0.39 is 0 Å². The number of halogens is 1. The lowest BCUT2D eigenvalue weighted by Gasteiger charge is -2.32. The van der Waals surface area contributed by atoms with E-state index in [9.17, 15) is 0 Å². The molecule has 3 nitrogen and oxygen atoms in total. The quantitative estimate of drug-likeness (QED) is 0.834. The van der Waals surface area contributed by atoms with Crippen molar-refractivity contribution in [2.24, 2.45) is 0 Å². The Morgan fingerprint density at radius 2 is 2.14 bits per heavy atom. The van der Waals surface area contributed by atoms with Crippen molar-refractivity contribution in [3.05, 3.63) is 34.9 Å². The lowest BCUT2D eigenvalue weighted by atomic mass is 10.0. The number of hydrogen-bond donors (Lipinski definition) is 1. The Labute approximate surface area is 133 Å². The maximum atomic E-state index is 5.99. The van der Waals surface area contributed by atoms with Gasteiger partial charge in [0.1, 0.15) is 0 Å². The first-order chi connectivity index (χ1) is 10.2. The van der Waals surface area contributed by atoms with Crippen molar-refractivity contribution >= 4 is 11.6 Å². The molecule has 0 spiro atoms. The van der Waals surface area contributed by atoms with Crippen molar-refractivity contribution in [3.8, 4) is 0 Å². The first-order valence-corrected chi connectivity index (χ1v) is 8.39. The second kappa shape index (κ2) is 8.74. The summed E-state index contributed by atoms with van der Waals surface area (Å²) in [5.74, 6) is 0. The molecule has 1 aromatic carbocycles. The van der Waals surface area contributed by atoms with Crippen molar-refractivity contribution in [3.63, 3.8) is 0 Å². The highest BCUT2D eigenvalue weighted by atomic mass is 35.5. The first kappa shape index (κ1) is 16.8. The smallest absolute Gasteiger partial charge is 0.0674 e. The Morgan fingerprint density at radius 3 is 2.81 bits per heavy atom. The van der Waals surface area contributed by atoms with Gasteiger partial charge < -0.3 is 10.1 Å². The molecule has 1 aliphatic rings. The number of morpholine rings is 1. The van der Waals surface area contributed by atoms with E-state index in [4.69, 9.17) is 16.3 Å². The molecule has 0 aromatic heterocycles. The summed E-state index contributed by atoms with van der Waals surface area (Å²) < 4.78 is 5.61. The Bertz CT molecular complexity index is 410. The third-order valence-electron chi connectivity index (χ3n) is 3.97. The molecule has 0 bridgehead atoms. The van der Waals surface area contributed by atoms with Gasteiger partial charge in [0.05, 0.1) is 12.7 Å². The number of hydrogen-bond acceptors (Lipinski definition) is 3. The lowest BCUT2D eigenvalue weighted by Crippen LogP contribution is -2.42. The molecule has 1 saturated heterocycles. The average molecular weight is 311 g/mol. The van der Waals surface area contributed by atoms with Gasteiger partial charge in [-0.2, -0.15) is 0 Å². The Kier molecular flexibility index (Phi) is 6.97. The molecule has 1 N–H and O–H groups in total. The van der Waals surface area contributed by atoms with Crippen LogP contribution in [0, 0.1) is 0 Å². The molecule has 4 heteroatoms. The fourth-order valence-electron chi connectivity index (χ4n) is 2.81. The van der Waals surface area contributed by atoms with Crippen LogP contribution in [0.5, 0.6) is 0 Å². The second-order valence-electron chi connectivity index (χ2n) is 5.83. The van der Waals surface area contributed by atoms with Crippen LogP contribution in [-0.4, -0.2) is 43.8 Å². The molecule has 0 amide bonds. The van der Waals surface area contributed by atoms with Crippen LogP contribution in [0.2, 0.25) is 5.02 Å². The van der Waals surface area contributed by atoms with Crippen molar-refractivity contribution in [2.45, 2.75) is 38.8 Å². The van der Waals surface area contributed by atoms with Gasteiger partial charge in [0, 0.05) is 30.7 Å². The number of nitrogens with zero attached hydrogens (tertiary/aromatic N) is 1. The molecule has 1 aromatic rings. The molecule has 0 aliphatic carbocycles. The van der Waals surface area contributed by atoms with Gasteiger partial charge in [0.25, 0.3) is 0 Å². The summed E-state index contributed by atoms with van der Waals surface area (Å²) in [7, 11) is 0. The fourth-order valence-corrected chi connectivity index (χ4v) is 2.93.